The van der Waals surface area contributed by atoms with E-state index in [0.717, 1.165) is 19.3 Å². The van der Waals surface area contributed by atoms with Crippen molar-refractivity contribution in [1.82, 2.24) is 19.8 Å². The van der Waals surface area contributed by atoms with E-state index in [-0.39, 0.29) is 17.8 Å². The molecule has 3 rings (SSSR count). The van der Waals surface area contributed by atoms with Crippen molar-refractivity contribution in [2.75, 3.05) is 0 Å². The molecule has 1 aliphatic rings. The van der Waals surface area contributed by atoms with Gasteiger partial charge in [0.15, 0.2) is 5.65 Å². The van der Waals surface area contributed by atoms with Crippen LogP contribution in [0.15, 0.2) is 16.9 Å². The monoisotopic (exact) mass is 235 g/mol. The van der Waals surface area contributed by atoms with Gasteiger partial charge in [-0.1, -0.05) is 0 Å². The second kappa shape index (κ2) is 3.85. The van der Waals surface area contributed by atoms with Gasteiger partial charge in [-0.3, -0.25) is 0 Å². The summed E-state index contributed by atoms with van der Waals surface area (Å²) in [6.45, 7) is 0. The molecule has 7 heteroatoms. The third-order valence-corrected chi connectivity index (χ3v) is 2.96. The highest BCUT2D eigenvalue weighted by molar-refractivity contribution is 5.35. The number of hydrogen-bond acceptors (Lipinski definition) is 5. The number of ether oxygens (including phenoxy) is 1. The average molecular weight is 235 g/mol. The fourth-order valence-electron chi connectivity index (χ4n) is 2.10. The van der Waals surface area contributed by atoms with Gasteiger partial charge in [-0.15, -0.1) is 5.10 Å². The molecule has 2 heterocycles. The van der Waals surface area contributed by atoms with Gasteiger partial charge in [-0.25, -0.2) is 9.89 Å². The predicted octanol–water partition coefficient (Wildman–Crippen LogP) is -0.324. The van der Waals surface area contributed by atoms with Crippen LogP contribution >= 0.6 is 0 Å². The number of nitrogens with two attached hydrogens (primary N) is 1. The molecule has 0 radical (unpaired) electrons. The standard InChI is InChI=1S/C10H13N5O2/c11-6-1-2-7(5-6)17-9-4-3-8-12-13-10(16)15(8)14-9/h3-4,6-7H,1-2,5,11H2,(H,13,16). The number of aromatic amines is 1. The molecule has 2 aromatic heterocycles. The highest BCUT2D eigenvalue weighted by Crippen LogP contribution is 2.22. The summed E-state index contributed by atoms with van der Waals surface area (Å²) in [5.74, 6) is 0.431. The Labute approximate surface area is 96.6 Å². The highest BCUT2D eigenvalue weighted by atomic mass is 16.5. The van der Waals surface area contributed by atoms with Gasteiger partial charge >= 0.3 is 5.69 Å². The maximum absolute atomic E-state index is 11.3. The topological polar surface area (TPSA) is 98.3 Å². The Balaban J connectivity index is 1.85. The van der Waals surface area contributed by atoms with Gasteiger partial charge in [-0.05, 0) is 25.3 Å². The molecule has 0 saturated heterocycles. The van der Waals surface area contributed by atoms with Crippen LogP contribution in [0.25, 0.3) is 5.65 Å². The number of rotatable bonds is 2. The molecule has 1 aliphatic carbocycles. The molecule has 90 valence electrons. The second-order valence-corrected chi connectivity index (χ2v) is 4.28. The quantitative estimate of drug-likeness (QED) is 0.743. The van der Waals surface area contributed by atoms with Gasteiger partial charge in [0.25, 0.3) is 0 Å². The summed E-state index contributed by atoms with van der Waals surface area (Å²) >= 11 is 0. The Morgan fingerprint density at radius 1 is 1.47 bits per heavy atom. The van der Waals surface area contributed by atoms with Crippen molar-refractivity contribution in [3.05, 3.63) is 22.6 Å². The number of hydrogen-bond donors (Lipinski definition) is 2. The molecule has 17 heavy (non-hydrogen) atoms. The minimum absolute atomic E-state index is 0.0950. The molecule has 0 spiro atoms. The fourth-order valence-corrected chi connectivity index (χ4v) is 2.10. The zero-order valence-corrected chi connectivity index (χ0v) is 9.17. The zero-order chi connectivity index (χ0) is 11.8. The number of nitrogens with one attached hydrogen (secondary N) is 1. The van der Waals surface area contributed by atoms with Crippen molar-refractivity contribution >= 4 is 5.65 Å². The SMILES string of the molecule is NC1CCC(Oc2ccc3n[nH]c(=O)n3n2)C1. The summed E-state index contributed by atoms with van der Waals surface area (Å²) in [5, 5.41) is 10.2. The zero-order valence-electron chi connectivity index (χ0n) is 9.17. The number of nitrogens with zero attached hydrogens (tertiary/aromatic N) is 3. The van der Waals surface area contributed by atoms with Gasteiger partial charge in [0.1, 0.15) is 6.10 Å². The molecule has 7 nitrogen and oxygen atoms in total. The smallest absolute Gasteiger partial charge is 0.364 e. The third kappa shape index (κ3) is 1.89. The summed E-state index contributed by atoms with van der Waals surface area (Å²) in [5.41, 5.74) is 5.92. The molecule has 2 aromatic rings. The Bertz CT molecular complexity index is 590. The first-order valence-corrected chi connectivity index (χ1v) is 5.59. The molecule has 0 aliphatic heterocycles. The molecule has 0 aromatic carbocycles. The van der Waals surface area contributed by atoms with E-state index in [0.29, 0.717) is 11.5 Å². The van der Waals surface area contributed by atoms with Crippen LogP contribution in [0.2, 0.25) is 0 Å². The van der Waals surface area contributed by atoms with Crippen molar-refractivity contribution in [2.45, 2.75) is 31.4 Å². The van der Waals surface area contributed by atoms with Gasteiger partial charge in [0.05, 0.1) is 0 Å². The van der Waals surface area contributed by atoms with E-state index < -0.39 is 0 Å². The second-order valence-electron chi connectivity index (χ2n) is 4.28. The third-order valence-electron chi connectivity index (χ3n) is 2.96. The van der Waals surface area contributed by atoms with E-state index in [4.69, 9.17) is 10.5 Å². The van der Waals surface area contributed by atoms with Gasteiger partial charge in [-0.2, -0.15) is 9.61 Å². The molecule has 0 bridgehead atoms. The molecular formula is C10H13N5O2. The first-order valence-electron chi connectivity index (χ1n) is 5.59. The van der Waals surface area contributed by atoms with Crippen LogP contribution in [0.3, 0.4) is 0 Å². The lowest BCUT2D eigenvalue weighted by Crippen LogP contribution is -2.20. The van der Waals surface area contributed by atoms with Crippen molar-refractivity contribution < 1.29 is 4.74 Å². The number of aromatic nitrogens is 4. The number of H-pyrrole nitrogens is 1. The van der Waals surface area contributed by atoms with Crippen LogP contribution in [-0.4, -0.2) is 32.0 Å². The van der Waals surface area contributed by atoms with Crippen molar-refractivity contribution in [3.63, 3.8) is 0 Å². The van der Waals surface area contributed by atoms with E-state index in [9.17, 15) is 4.79 Å². The fraction of sp³-hybridized carbons (Fsp3) is 0.500. The largest absolute Gasteiger partial charge is 0.473 e. The molecular weight excluding hydrogens is 222 g/mol. The Morgan fingerprint density at radius 2 is 2.35 bits per heavy atom. The van der Waals surface area contributed by atoms with E-state index in [2.05, 4.69) is 15.3 Å². The molecule has 2 unspecified atom stereocenters. The highest BCUT2D eigenvalue weighted by Gasteiger charge is 2.23. The van der Waals surface area contributed by atoms with Crippen LogP contribution in [-0.2, 0) is 0 Å². The van der Waals surface area contributed by atoms with Gasteiger partial charge < -0.3 is 10.5 Å². The molecule has 0 amide bonds. The van der Waals surface area contributed by atoms with E-state index >= 15 is 0 Å². The Morgan fingerprint density at radius 3 is 3.12 bits per heavy atom. The number of fused-ring (bicyclic) bond motifs is 1. The van der Waals surface area contributed by atoms with Crippen LogP contribution < -0.4 is 16.2 Å². The molecule has 2 atom stereocenters. The normalized spacial score (nSPS) is 24.3. The van der Waals surface area contributed by atoms with E-state index in [1.54, 1.807) is 12.1 Å². The van der Waals surface area contributed by atoms with Crippen LogP contribution in [0.4, 0.5) is 0 Å². The van der Waals surface area contributed by atoms with Crippen molar-refractivity contribution in [1.29, 1.82) is 0 Å². The first kappa shape index (κ1) is 10.3. The van der Waals surface area contributed by atoms with Gasteiger partial charge in [0, 0.05) is 12.1 Å². The lowest BCUT2D eigenvalue weighted by atomic mass is 10.3. The molecule has 1 saturated carbocycles. The van der Waals surface area contributed by atoms with Crippen LogP contribution in [0.1, 0.15) is 19.3 Å². The van der Waals surface area contributed by atoms with Crippen LogP contribution in [0, 0.1) is 0 Å². The average Bonchev–Trinajstić information content (AvgIpc) is 2.87. The maximum atomic E-state index is 11.3. The summed E-state index contributed by atoms with van der Waals surface area (Å²) in [4.78, 5) is 11.3. The summed E-state index contributed by atoms with van der Waals surface area (Å²) in [6.07, 6.45) is 2.83. The Hall–Kier alpha value is -1.89. The summed E-state index contributed by atoms with van der Waals surface area (Å²) in [6, 6.07) is 3.61. The minimum Gasteiger partial charge on any atom is -0.473 e. The van der Waals surface area contributed by atoms with E-state index in [1.165, 1.54) is 4.52 Å². The molecule has 1 fully saturated rings. The predicted molar refractivity (Wildman–Crippen MR) is 59.9 cm³/mol. The lowest BCUT2D eigenvalue weighted by Gasteiger charge is -2.11. The first-order chi connectivity index (χ1) is 8.22. The minimum atomic E-state index is -0.367. The van der Waals surface area contributed by atoms with Crippen molar-refractivity contribution in [3.8, 4) is 5.88 Å². The van der Waals surface area contributed by atoms with Crippen LogP contribution in [0.5, 0.6) is 5.88 Å². The van der Waals surface area contributed by atoms with Gasteiger partial charge in [0.2, 0.25) is 5.88 Å². The lowest BCUT2D eigenvalue weighted by molar-refractivity contribution is 0.197. The summed E-state index contributed by atoms with van der Waals surface area (Å²) < 4.78 is 6.87. The van der Waals surface area contributed by atoms with E-state index in [1.807, 2.05) is 0 Å². The van der Waals surface area contributed by atoms with Crippen molar-refractivity contribution in [2.24, 2.45) is 5.73 Å². The summed E-state index contributed by atoms with van der Waals surface area (Å²) in [7, 11) is 0. The molecule has 3 N–H and O–H groups in total. The Kier molecular flexibility index (Phi) is 2.32. The maximum Gasteiger partial charge on any atom is 0.364 e.